The highest BCUT2D eigenvalue weighted by atomic mass is 32.2. The Morgan fingerprint density at radius 2 is 2.08 bits per heavy atom. The van der Waals surface area contributed by atoms with Crippen molar-refractivity contribution in [1.29, 1.82) is 0 Å². The lowest BCUT2D eigenvalue weighted by Gasteiger charge is -2.43. The molecule has 2 aliphatic carbocycles. The molecule has 136 valence electrons. The molecule has 0 aliphatic heterocycles. The zero-order chi connectivity index (χ0) is 17.7. The first-order valence-electron chi connectivity index (χ1n) is 9.07. The minimum absolute atomic E-state index is 0.0413. The molecule has 2 aromatic heterocycles. The maximum atomic E-state index is 12.5. The molecular formula is C18H26N4O2S. The Morgan fingerprint density at radius 3 is 2.76 bits per heavy atom. The number of sulfone groups is 1. The smallest absolute Gasteiger partial charge is 0.151 e. The van der Waals surface area contributed by atoms with Crippen molar-refractivity contribution in [2.75, 3.05) is 23.5 Å². The SMILES string of the molecule is CN(c1ncnc2[nH]ccc12)[C@H]1C[C@@H](CS(=O)(=O)CC2(C)CCC2)C1. The molecule has 7 heteroatoms. The van der Waals surface area contributed by atoms with Crippen LogP contribution in [0.3, 0.4) is 0 Å². The summed E-state index contributed by atoms with van der Waals surface area (Å²) in [5.74, 6) is 1.91. The quantitative estimate of drug-likeness (QED) is 0.855. The lowest BCUT2D eigenvalue weighted by atomic mass is 9.72. The van der Waals surface area contributed by atoms with Crippen LogP contribution in [-0.2, 0) is 9.84 Å². The summed E-state index contributed by atoms with van der Waals surface area (Å²) in [6.45, 7) is 2.11. The third-order valence-corrected chi connectivity index (χ3v) is 8.16. The summed E-state index contributed by atoms with van der Waals surface area (Å²) in [4.78, 5) is 13.9. The zero-order valence-electron chi connectivity index (χ0n) is 14.9. The van der Waals surface area contributed by atoms with Gasteiger partial charge in [0.25, 0.3) is 0 Å². The zero-order valence-corrected chi connectivity index (χ0v) is 15.7. The van der Waals surface area contributed by atoms with Crippen LogP contribution in [0.5, 0.6) is 0 Å². The van der Waals surface area contributed by atoms with Gasteiger partial charge in [-0.1, -0.05) is 13.3 Å². The Balaban J connectivity index is 1.36. The van der Waals surface area contributed by atoms with Crippen LogP contribution in [0.1, 0.15) is 39.0 Å². The second-order valence-corrected chi connectivity index (χ2v) is 10.4. The lowest BCUT2D eigenvalue weighted by molar-refractivity contribution is 0.193. The van der Waals surface area contributed by atoms with Gasteiger partial charge in [0.1, 0.15) is 17.8 Å². The number of anilines is 1. The third kappa shape index (κ3) is 3.26. The number of nitrogens with one attached hydrogen (secondary N) is 1. The summed E-state index contributed by atoms with van der Waals surface area (Å²) in [6, 6.07) is 2.34. The van der Waals surface area contributed by atoms with E-state index in [4.69, 9.17) is 0 Å². The second kappa shape index (κ2) is 5.97. The fraction of sp³-hybridized carbons (Fsp3) is 0.667. The highest BCUT2D eigenvalue weighted by Crippen LogP contribution is 2.42. The lowest BCUT2D eigenvalue weighted by Crippen LogP contribution is -2.46. The van der Waals surface area contributed by atoms with Crippen LogP contribution in [0.2, 0.25) is 0 Å². The predicted octanol–water partition coefficient (Wildman–Crippen LogP) is 2.78. The largest absolute Gasteiger partial charge is 0.356 e. The summed E-state index contributed by atoms with van der Waals surface area (Å²) < 4.78 is 25.0. The topological polar surface area (TPSA) is 79.0 Å². The van der Waals surface area contributed by atoms with Gasteiger partial charge in [-0.2, -0.15) is 0 Å². The van der Waals surface area contributed by atoms with E-state index in [1.165, 1.54) is 6.42 Å². The molecule has 25 heavy (non-hydrogen) atoms. The fourth-order valence-corrected chi connectivity index (χ4v) is 6.80. The third-order valence-electron chi connectivity index (χ3n) is 6.04. The molecule has 2 aliphatic rings. The van der Waals surface area contributed by atoms with Crippen LogP contribution in [-0.4, -0.2) is 48.0 Å². The fourth-order valence-electron chi connectivity index (χ4n) is 4.34. The van der Waals surface area contributed by atoms with E-state index in [2.05, 4.69) is 26.8 Å². The Morgan fingerprint density at radius 1 is 1.32 bits per heavy atom. The number of aromatic nitrogens is 3. The molecule has 2 aromatic rings. The van der Waals surface area contributed by atoms with Crippen molar-refractivity contribution < 1.29 is 8.42 Å². The molecule has 2 fully saturated rings. The van der Waals surface area contributed by atoms with Crippen molar-refractivity contribution in [3.05, 3.63) is 18.6 Å². The second-order valence-electron chi connectivity index (χ2n) is 8.26. The van der Waals surface area contributed by atoms with Gasteiger partial charge >= 0.3 is 0 Å². The summed E-state index contributed by atoms with van der Waals surface area (Å²) in [6.07, 6.45) is 8.57. The molecule has 0 spiro atoms. The normalized spacial score (nSPS) is 25.4. The summed E-state index contributed by atoms with van der Waals surface area (Å²) in [5, 5.41) is 1.01. The van der Waals surface area contributed by atoms with Crippen LogP contribution in [0.25, 0.3) is 11.0 Å². The van der Waals surface area contributed by atoms with Crippen molar-refractivity contribution in [2.24, 2.45) is 11.3 Å². The Kier molecular flexibility index (Phi) is 4.02. The average molecular weight is 362 g/mol. The van der Waals surface area contributed by atoms with Crippen molar-refractivity contribution in [1.82, 2.24) is 15.0 Å². The van der Waals surface area contributed by atoms with Crippen LogP contribution in [0.15, 0.2) is 18.6 Å². The summed E-state index contributed by atoms with van der Waals surface area (Å²) in [5.41, 5.74) is 0.878. The first kappa shape index (κ1) is 16.8. The summed E-state index contributed by atoms with van der Waals surface area (Å²) >= 11 is 0. The number of fused-ring (bicyclic) bond motifs is 1. The van der Waals surface area contributed by atoms with Crippen LogP contribution < -0.4 is 4.90 Å². The Labute approximate surface area is 149 Å². The van der Waals surface area contributed by atoms with E-state index in [0.29, 0.717) is 17.5 Å². The van der Waals surface area contributed by atoms with Gasteiger partial charge < -0.3 is 9.88 Å². The van der Waals surface area contributed by atoms with Gasteiger partial charge in [0.2, 0.25) is 0 Å². The van der Waals surface area contributed by atoms with E-state index >= 15 is 0 Å². The number of hydrogen-bond acceptors (Lipinski definition) is 5. The molecule has 0 aromatic carbocycles. The molecule has 0 amide bonds. The summed E-state index contributed by atoms with van der Waals surface area (Å²) in [7, 11) is -0.908. The Bertz CT molecular complexity index is 866. The molecule has 0 radical (unpaired) electrons. The van der Waals surface area contributed by atoms with Gasteiger partial charge in [0.05, 0.1) is 16.9 Å². The molecule has 4 rings (SSSR count). The van der Waals surface area contributed by atoms with E-state index in [1.807, 2.05) is 19.3 Å². The predicted molar refractivity (Wildman–Crippen MR) is 99.4 cm³/mol. The van der Waals surface area contributed by atoms with Crippen LogP contribution in [0, 0.1) is 11.3 Å². The minimum Gasteiger partial charge on any atom is -0.356 e. The first-order valence-corrected chi connectivity index (χ1v) is 10.9. The molecule has 0 bridgehead atoms. The van der Waals surface area contributed by atoms with Crippen molar-refractivity contribution in [3.8, 4) is 0 Å². The van der Waals surface area contributed by atoms with Crippen molar-refractivity contribution in [3.63, 3.8) is 0 Å². The molecule has 6 nitrogen and oxygen atoms in total. The average Bonchev–Trinajstić information content (AvgIpc) is 2.96. The number of H-pyrrole nitrogens is 1. The van der Waals surface area contributed by atoms with Gasteiger partial charge in [0.15, 0.2) is 9.84 Å². The van der Waals surface area contributed by atoms with E-state index in [9.17, 15) is 8.42 Å². The molecular weight excluding hydrogens is 336 g/mol. The minimum atomic E-state index is -2.95. The Hall–Kier alpha value is -1.63. The van der Waals surface area contributed by atoms with Gasteiger partial charge in [-0.05, 0) is 43.1 Å². The molecule has 2 heterocycles. The van der Waals surface area contributed by atoms with E-state index in [0.717, 1.165) is 42.5 Å². The number of aromatic amines is 1. The van der Waals surface area contributed by atoms with E-state index in [1.54, 1.807) is 6.33 Å². The number of rotatable bonds is 6. The first-order chi connectivity index (χ1) is 11.9. The molecule has 1 N–H and O–H groups in total. The standard InChI is InChI=1S/C18H26N4O2S/c1-18(5-3-6-18)11-25(23,24)10-13-8-14(9-13)22(2)17-15-4-7-19-16(15)20-12-21-17/h4,7,12-14H,3,5-6,8-11H2,1-2H3,(H,19,20,21)/t13-,14+. The molecule has 0 saturated heterocycles. The van der Waals surface area contributed by atoms with Gasteiger partial charge in [-0.3, -0.25) is 0 Å². The van der Waals surface area contributed by atoms with E-state index < -0.39 is 9.84 Å². The highest BCUT2D eigenvalue weighted by molar-refractivity contribution is 7.91. The molecule has 2 saturated carbocycles. The molecule has 0 unspecified atom stereocenters. The van der Waals surface area contributed by atoms with Crippen LogP contribution in [0.4, 0.5) is 5.82 Å². The number of nitrogens with zero attached hydrogens (tertiary/aromatic N) is 3. The highest BCUT2D eigenvalue weighted by Gasteiger charge is 2.40. The monoisotopic (exact) mass is 362 g/mol. The van der Waals surface area contributed by atoms with Crippen molar-refractivity contribution >= 4 is 26.7 Å². The van der Waals surface area contributed by atoms with E-state index in [-0.39, 0.29) is 11.3 Å². The van der Waals surface area contributed by atoms with Gasteiger partial charge in [-0.25, -0.2) is 18.4 Å². The van der Waals surface area contributed by atoms with Gasteiger partial charge in [0, 0.05) is 19.3 Å². The van der Waals surface area contributed by atoms with Crippen molar-refractivity contribution in [2.45, 2.75) is 45.1 Å². The van der Waals surface area contributed by atoms with Gasteiger partial charge in [-0.15, -0.1) is 0 Å². The van der Waals surface area contributed by atoms with Crippen LogP contribution >= 0.6 is 0 Å². The maximum absolute atomic E-state index is 12.5. The molecule has 0 atom stereocenters. The maximum Gasteiger partial charge on any atom is 0.151 e. The number of hydrogen-bond donors (Lipinski definition) is 1.